The molecule has 1 aromatic heterocycles. The predicted octanol–water partition coefficient (Wildman–Crippen LogP) is 4.87. The van der Waals surface area contributed by atoms with E-state index in [1.54, 1.807) is 7.11 Å². The van der Waals surface area contributed by atoms with E-state index in [1.165, 1.54) is 0 Å². The van der Waals surface area contributed by atoms with Gasteiger partial charge in [0, 0.05) is 16.0 Å². The molecule has 2 nitrogen and oxygen atoms in total. The van der Waals surface area contributed by atoms with Gasteiger partial charge < -0.3 is 4.74 Å². The second kappa shape index (κ2) is 5.14. The number of hydrogen-bond donors (Lipinski definition) is 0. The number of pyridine rings is 1. The molecule has 0 aliphatic carbocycles. The van der Waals surface area contributed by atoms with Crippen LogP contribution in [-0.4, -0.2) is 12.1 Å². The first-order chi connectivity index (χ1) is 9.69. The number of ether oxygens (including phenoxy) is 1. The van der Waals surface area contributed by atoms with E-state index in [0.29, 0.717) is 0 Å². The monoisotopic (exact) mass is 283 g/mol. The molecule has 3 heteroatoms. The van der Waals surface area contributed by atoms with E-state index in [4.69, 9.17) is 21.3 Å². The highest BCUT2D eigenvalue weighted by atomic mass is 35.5. The first-order valence-electron chi connectivity index (χ1n) is 6.39. The molecule has 0 bridgehead atoms. The second-order valence-corrected chi connectivity index (χ2v) is 5.12. The molecule has 0 aliphatic heterocycles. The number of nitrogens with zero attached hydrogens (tertiary/aromatic N) is 1. The molecule has 0 saturated heterocycles. The summed E-state index contributed by atoms with van der Waals surface area (Å²) in [5, 5.41) is 1.81. The highest BCUT2D eigenvalue weighted by Gasteiger charge is 2.09. The van der Waals surface area contributed by atoms with Crippen molar-refractivity contribution in [3.05, 3.63) is 59.1 Å². The summed E-state index contributed by atoms with van der Waals surface area (Å²) in [4.78, 5) is 4.72. The Morgan fingerprint density at radius 1 is 1.05 bits per heavy atom. The molecule has 0 unspecified atom stereocenters. The first kappa shape index (κ1) is 12.9. The number of aryl methyl sites for hydroxylation is 1. The van der Waals surface area contributed by atoms with Crippen molar-refractivity contribution < 1.29 is 4.74 Å². The molecule has 1 heterocycles. The van der Waals surface area contributed by atoms with E-state index in [0.717, 1.165) is 38.5 Å². The zero-order valence-corrected chi connectivity index (χ0v) is 12.1. The number of rotatable bonds is 2. The maximum atomic E-state index is 6.05. The second-order valence-electron chi connectivity index (χ2n) is 4.69. The van der Waals surface area contributed by atoms with Gasteiger partial charge in [0.2, 0.25) is 0 Å². The number of benzene rings is 2. The molecule has 0 N–H and O–H groups in total. The van der Waals surface area contributed by atoms with Crippen LogP contribution in [0.15, 0.2) is 48.5 Å². The third-order valence-corrected chi connectivity index (χ3v) is 3.60. The summed E-state index contributed by atoms with van der Waals surface area (Å²) in [6.45, 7) is 2.07. The molecular weight excluding hydrogens is 270 g/mol. The van der Waals surface area contributed by atoms with Crippen LogP contribution >= 0.6 is 11.6 Å². The lowest BCUT2D eigenvalue weighted by Gasteiger charge is -2.10. The Morgan fingerprint density at radius 2 is 1.85 bits per heavy atom. The number of hydrogen-bond acceptors (Lipinski definition) is 2. The van der Waals surface area contributed by atoms with Crippen molar-refractivity contribution in [2.24, 2.45) is 0 Å². The van der Waals surface area contributed by atoms with Gasteiger partial charge in [0.05, 0.1) is 18.3 Å². The summed E-state index contributed by atoms with van der Waals surface area (Å²) in [7, 11) is 1.67. The van der Waals surface area contributed by atoms with Crippen molar-refractivity contribution in [3.8, 4) is 17.0 Å². The summed E-state index contributed by atoms with van der Waals surface area (Å²) < 4.78 is 5.41. The molecule has 2 aromatic carbocycles. The van der Waals surface area contributed by atoms with Crippen LogP contribution in [-0.2, 0) is 0 Å². The molecule has 100 valence electrons. The van der Waals surface area contributed by atoms with Gasteiger partial charge >= 0.3 is 0 Å². The third kappa shape index (κ3) is 2.23. The Labute approximate surface area is 123 Å². The lowest BCUT2D eigenvalue weighted by atomic mass is 10.0. The Bertz CT molecular complexity index is 783. The highest BCUT2D eigenvalue weighted by Crippen LogP contribution is 2.31. The highest BCUT2D eigenvalue weighted by molar-refractivity contribution is 6.31. The van der Waals surface area contributed by atoms with Gasteiger partial charge in [-0.25, -0.2) is 4.98 Å². The Kier molecular flexibility index (Phi) is 3.33. The summed E-state index contributed by atoms with van der Waals surface area (Å²) in [5.74, 6) is 0.827. The van der Waals surface area contributed by atoms with Gasteiger partial charge in [0.1, 0.15) is 5.75 Å². The van der Waals surface area contributed by atoms with E-state index < -0.39 is 0 Å². The Hall–Kier alpha value is -2.06. The smallest absolute Gasteiger partial charge is 0.128 e. The van der Waals surface area contributed by atoms with Crippen LogP contribution in [0.2, 0.25) is 5.02 Å². The van der Waals surface area contributed by atoms with Crippen LogP contribution < -0.4 is 4.74 Å². The predicted molar refractivity (Wildman–Crippen MR) is 83.5 cm³/mol. The van der Waals surface area contributed by atoms with E-state index in [9.17, 15) is 0 Å². The molecule has 0 radical (unpaired) electrons. The molecule has 0 fully saturated rings. The summed E-state index contributed by atoms with van der Waals surface area (Å²) >= 11 is 6.05. The van der Waals surface area contributed by atoms with Crippen LogP contribution in [0.25, 0.3) is 22.2 Å². The number of para-hydroxylation sites is 1. The van der Waals surface area contributed by atoms with Gasteiger partial charge in [0.15, 0.2) is 0 Å². The Morgan fingerprint density at radius 3 is 2.65 bits per heavy atom. The topological polar surface area (TPSA) is 22.1 Å². The van der Waals surface area contributed by atoms with Crippen molar-refractivity contribution in [2.45, 2.75) is 6.92 Å². The average Bonchev–Trinajstić information content (AvgIpc) is 2.47. The Balaban J connectivity index is 2.25. The molecule has 0 saturated carbocycles. The summed E-state index contributed by atoms with van der Waals surface area (Å²) in [5.41, 5.74) is 4.00. The lowest BCUT2D eigenvalue weighted by Crippen LogP contribution is -1.92. The molecule has 0 aliphatic rings. The number of aromatic nitrogens is 1. The number of methoxy groups -OCH3 is 1. The molecule has 0 atom stereocenters. The van der Waals surface area contributed by atoms with Gasteiger partial charge in [-0.2, -0.15) is 0 Å². The third-order valence-electron chi connectivity index (χ3n) is 3.36. The van der Waals surface area contributed by atoms with Gasteiger partial charge in [0.25, 0.3) is 0 Å². The van der Waals surface area contributed by atoms with Crippen LogP contribution in [0.1, 0.15) is 5.56 Å². The van der Waals surface area contributed by atoms with Gasteiger partial charge in [-0.05, 0) is 48.9 Å². The van der Waals surface area contributed by atoms with Crippen LogP contribution in [0.3, 0.4) is 0 Å². The van der Waals surface area contributed by atoms with Crippen molar-refractivity contribution in [2.75, 3.05) is 7.11 Å². The maximum absolute atomic E-state index is 6.05. The lowest BCUT2D eigenvalue weighted by molar-refractivity contribution is 0.416. The molecule has 20 heavy (non-hydrogen) atoms. The summed E-state index contributed by atoms with van der Waals surface area (Å²) in [6, 6.07) is 15.7. The minimum atomic E-state index is 0.729. The van der Waals surface area contributed by atoms with Crippen molar-refractivity contribution >= 4 is 22.5 Å². The fourth-order valence-electron chi connectivity index (χ4n) is 2.36. The maximum Gasteiger partial charge on any atom is 0.128 e. The van der Waals surface area contributed by atoms with Crippen molar-refractivity contribution in [3.63, 3.8) is 0 Å². The van der Waals surface area contributed by atoms with Gasteiger partial charge in [-0.3, -0.25) is 0 Å². The average molecular weight is 284 g/mol. The number of fused-ring (bicyclic) bond motifs is 1. The van der Waals surface area contributed by atoms with Gasteiger partial charge in [-0.1, -0.05) is 23.7 Å². The summed E-state index contributed by atoms with van der Waals surface area (Å²) in [6.07, 6.45) is 0. The fraction of sp³-hybridized carbons (Fsp3) is 0.118. The largest absolute Gasteiger partial charge is 0.496 e. The van der Waals surface area contributed by atoms with E-state index in [-0.39, 0.29) is 0 Å². The van der Waals surface area contributed by atoms with Crippen LogP contribution in [0.5, 0.6) is 5.75 Å². The van der Waals surface area contributed by atoms with E-state index >= 15 is 0 Å². The minimum absolute atomic E-state index is 0.729. The molecule has 3 rings (SSSR count). The molecule has 3 aromatic rings. The SMILES string of the molecule is COc1ccccc1-c1cc(C)c2cc(Cl)ccc2n1. The quantitative estimate of drug-likeness (QED) is 0.669. The van der Waals surface area contributed by atoms with Gasteiger partial charge in [-0.15, -0.1) is 0 Å². The van der Waals surface area contributed by atoms with E-state index in [1.807, 2.05) is 42.5 Å². The first-order valence-corrected chi connectivity index (χ1v) is 6.77. The molecule has 0 amide bonds. The minimum Gasteiger partial charge on any atom is -0.496 e. The number of halogens is 1. The van der Waals surface area contributed by atoms with Crippen molar-refractivity contribution in [1.82, 2.24) is 4.98 Å². The zero-order valence-electron chi connectivity index (χ0n) is 11.4. The fourth-order valence-corrected chi connectivity index (χ4v) is 2.53. The van der Waals surface area contributed by atoms with Crippen molar-refractivity contribution in [1.29, 1.82) is 0 Å². The van der Waals surface area contributed by atoms with Crippen LogP contribution in [0, 0.1) is 6.92 Å². The molecule has 0 spiro atoms. The van der Waals surface area contributed by atoms with Crippen LogP contribution in [0.4, 0.5) is 0 Å². The zero-order chi connectivity index (χ0) is 14.1. The normalized spacial score (nSPS) is 10.8. The molecular formula is C17H14ClNO. The standard InChI is InChI=1S/C17H14ClNO/c1-11-9-16(13-5-3-4-6-17(13)20-2)19-15-8-7-12(18)10-14(11)15/h3-10H,1-2H3. The van der Waals surface area contributed by atoms with E-state index in [2.05, 4.69) is 13.0 Å².